The first-order valence-electron chi connectivity index (χ1n) is 5.49. The van der Waals surface area contributed by atoms with Crippen LogP contribution < -0.4 is 5.73 Å². The molecule has 0 amide bonds. The molecular weight excluding hydrogens is 176 g/mol. The fraction of sp³-hybridized carbons (Fsp3) is 1.00. The molecule has 0 aromatic heterocycles. The van der Waals surface area contributed by atoms with Crippen LogP contribution in [0, 0.1) is 5.92 Å². The Labute approximate surface area is 87.6 Å². The average molecular weight is 200 g/mol. The number of hydrogen-bond acceptors (Lipinski definition) is 3. The predicted octanol–water partition coefficient (Wildman–Crippen LogP) is 1.08. The van der Waals surface area contributed by atoms with Gasteiger partial charge >= 0.3 is 0 Å². The van der Waals surface area contributed by atoms with E-state index in [0.29, 0.717) is 18.6 Å². The third-order valence-electron chi connectivity index (χ3n) is 3.55. The van der Waals surface area contributed by atoms with Gasteiger partial charge in [0.05, 0.1) is 6.10 Å². The van der Waals surface area contributed by atoms with Crippen molar-refractivity contribution in [2.24, 2.45) is 11.7 Å². The van der Waals surface area contributed by atoms with Gasteiger partial charge < -0.3 is 10.5 Å². The lowest BCUT2D eigenvalue weighted by Gasteiger charge is -2.44. The number of methoxy groups -OCH3 is 1. The van der Waals surface area contributed by atoms with Crippen molar-refractivity contribution in [2.75, 3.05) is 26.7 Å². The molecule has 1 fully saturated rings. The molecule has 3 heteroatoms. The quantitative estimate of drug-likeness (QED) is 0.741. The van der Waals surface area contributed by atoms with Crippen LogP contribution in [-0.2, 0) is 4.74 Å². The molecule has 1 heterocycles. The fourth-order valence-corrected chi connectivity index (χ4v) is 2.02. The van der Waals surface area contributed by atoms with E-state index < -0.39 is 0 Å². The van der Waals surface area contributed by atoms with E-state index in [1.807, 2.05) is 0 Å². The van der Waals surface area contributed by atoms with Crippen molar-refractivity contribution < 1.29 is 4.74 Å². The van der Waals surface area contributed by atoms with Crippen molar-refractivity contribution in [1.29, 1.82) is 0 Å². The number of likely N-dealkylation sites (tertiary alicyclic amines) is 1. The first kappa shape index (κ1) is 12.0. The molecule has 1 aliphatic rings. The monoisotopic (exact) mass is 200 g/mol. The molecular formula is C11H24N2O. The third kappa shape index (κ3) is 2.47. The summed E-state index contributed by atoms with van der Waals surface area (Å²) in [6, 6.07) is 0. The lowest BCUT2D eigenvalue weighted by molar-refractivity contribution is -0.0356. The van der Waals surface area contributed by atoms with Gasteiger partial charge in [0.15, 0.2) is 0 Å². The zero-order chi connectivity index (χ0) is 10.8. The van der Waals surface area contributed by atoms with Crippen LogP contribution in [0.2, 0.25) is 0 Å². The highest BCUT2D eigenvalue weighted by molar-refractivity contribution is 4.89. The summed E-state index contributed by atoms with van der Waals surface area (Å²) < 4.78 is 5.49. The Hall–Kier alpha value is -0.120. The molecule has 3 nitrogen and oxygen atoms in total. The first-order chi connectivity index (χ1) is 6.51. The van der Waals surface area contributed by atoms with Crippen molar-refractivity contribution in [3.8, 4) is 0 Å². The minimum absolute atomic E-state index is 0.108. The van der Waals surface area contributed by atoms with E-state index >= 15 is 0 Å². The normalized spacial score (nSPS) is 30.6. The Kier molecular flexibility index (Phi) is 3.93. The largest absolute Gasteiger partial charge is 0.380 e. The van der Waals surface area contributed by atoms with Crippen molar-refractivity contribution in [3.05, 3.63) is 0 Å². The standard InChI is InChI=1S/C11H24N2O/c1-9-5-6-13(7-10(9)14-4)11(2,3)8-12/h9-10H,5-8,12H2,1-4H3. The molecule has 1 saturated heterocycles. The van der Waals surface area contributed by atoms with Crippen LogP contribution >= 0.6 is 0 Å². The summed E-state index contributed by atoms with van der Waals surface area (Å²) in [7, 11) is 1.81. The molecule has 2 atom stereocenters. The van der Waals surface area contributed by atoms with E-state index in [4.69, 9.17) is 10.5 Å². The molecule has 1 rings (SSSR count). The number of nitrogens with two attached hydrogens (primary N) is 1. The van der Waals surface area contributed by atoms with Gasteiger partial charge in [0.25, 0.3) is 0 Å². The Balaban J connectivity index is 2.58. The van der Waals surface area contributed by atoms with Crippen LogP contribution in [0.15, 0.2) is 0 Å². The highest BCUT2D eigenvalue weighted by Gasteiger charge is 2.33. The Bertz CT molecular complexity index is 182. The Morgan fingerprint density at radius 1 is 1.50 bits per heavy atom. The van der Waals surface area contributed by atoms with Crippen molar-refractivity contribution in [1.82, 2.24) is 4.90 Å². The summed E-state index contributed by atoms with van der Waals surface area (Å²) in [5, 5.41) is 0. The van der Waals surface area contributed by atoms with Gasteiger partial charge in [0, 0.05) is 25.7 Å². The summed E-state index contributed by atoms with van der Waals surface area (Å²) in [6.07, 6.45) is 1.58. The number of nitrogens with zero attached hydrogens (tertiary/aromatic N) is 1. The second-order valence-corrected chi connectivity index (χ2v) is 5.00. The molecule has 0 radical (unpaired) electrons. The van der Waals surface area contributed by atoms with Crippen molar-refractivity contribution >= 4 is 0 Å². The minimum atomic E-state index is 0.108. The van der Waals surface area contributed by atoms with Gasteiger partial charge in [-0.3, -0.25) is 4.90 Å². The highest BCUT2D eigenvalue weighted by atomic mass is 16.5. The number of piperidine rings is 1. The van der Waals surface area contributed by atoms with Crippen LogP contribution in [-0.4, -0.2) is 43.3 Å². The van der Waals surface area contributed by atoms with Gasteiger partial charge in [0.1, 0.15) is 0 Å². The van der Waals surface area contributed by atoms with Crippen LogP contribution in [0.25, 0.3) is 0 Å². The summed E-state index contributed by atoms with van der Waals surface area (Å²) in [4.78, 5) is 2.45. The Morgan fingerprint density at radius 3 is 2.64 bits per heavy atom. The van der Waals surface area contributed by atoms with E-state index in [1.165, 1.54) is 6.42 Å². The molecule has 14 heavy (non-hydrogen) atoms. The van der Waals surface area contributed by atoms with Gasteiger partial charge in [-0.1, -0.05) is 6.92 Å². The maximum Gasteiger partial charge on any atom is 0.0724 e. The molecule has 1 aliphatic heterocycles. The van der Waals surface area contributed by atoms with Crippen LogP contribution in [0.3, 0.4) is 0 Å². The second-order valence-electron chi connectivity index (χ2n) is 5.00. The summed E-state index contributed by atoms with van der Waals surface area (Å²) in [6.45, 7) is 9.54. The van der Waals surface area contributed by atoms with E-state index in [-0.39, 0.29) is 5.54 Å². The van der Waals surface area contributed by atoms with E-state index in [0.717, 1.165) is 13.1 Å². The lowest BCUT2D eigenvalue weighted by atomic mass is 9.91. The molecule has 0 saturated carbocycles. The first-order valence-corrected chi connectivity index (χ1v) is 5.49. The van der Waals surface area contributed by atoms with Crippen LogP contribution in [0.5, 0.6) is 0 Å². The average Bonchev–Trinajstić information content (AvgIpc) is 2.18. The van der Waals surface area contributed by atoms with Gasteiger partial charge in [-0.25, -0.2) is 0 Å². The lowest BCUT2D eigenvalue weighted by Crippen LogP contribution is -2.56. The summed E-state index contributed by atoms with van der Waals surface area (Å²) in [5.74, 6) is 0.671. The molecule has 84 valence electrons. The van der Waals surface area contributed by atoms with Gasteiger partial charge in [-0.05, 0) is 32.7 Å². The maximum atomic E-state index is 5.78. The minimum Gasteiger partial charge on any atom is -0.380 e. The summed E-state index contributed by atoms with van der Waals surface area (Å²) >= 11 is 0. The van der Waals surface area contributed by atoms with E-state index in [9.17, 15) is 0 Å². The molecule has 0 aliphatic carbocycles. The molecule has 0 spiro atoms. The number of rotatable bonds is 3. The van der Waals surface area contributed by atoms with Crippen LogP contribution in [0.4, 0.5) is 0 Å². The molecule has 2 N–H and O–H groups in total. The topological polar surface area (TPSA) is 38.5 Å². The van der Waals surface area contributed by atoms with Crippen molar-refractivity contribution in [2.45, 2.75) is 38.8 Å². The van der Waals surface area contributed by atoms with Gasteiger partial charge in [0.2, 0.25) is 0 Å². The number of ether oxygens (including phenoxy) is 1. The second kappa shape index (κ2) is 4.60. The smallest absolute Gasteiger partial charge is 0.0724 e. The Morgan fingerprint density at radius 2 is 2.14 bits per heavy atom. The zero-order valence-electron chi connectivity index (χ0n) is 9.92. The van der Waals surface area contributed by atoms with Crippen LogP contribution in [0.1, 0.15) is 27.2 Å². The fourth-order valence-electron chi connectivity index (χ4n) is 2.02. The number of hydrogen-bond donors (Lipinski definition) is 1. The van der Waals surface area contributed by atoms with Gasteiger partial charge in [-0.2, -0.15) is 0 Å². The van der Waals surface area contributed by atoms with Gasteiger partial charge in [-0.15, -0.1) is 0 Å². The highest BCUT2D eigenvalue weighted by Crippen LogP contribution is 2.24. The van der Waals surface area contributed by atoms with Crippen molar-refractivity contribution in [3.63, 3.8) is 0 Å². The summed E-state index contributed by atoms with van der Waals surface area (Å²) in [5.41, 5.74) is 5.88. The van der Waals surface area contributed by atoms with E-state index in [2.05, 4.69) is 25.7 Å². The maximum absolute atomic E-state index is 5.78. The molecule has 0 aromatic rings. The third-order valence-corrected chi connectivity index (χ3v) is 3.55. The predicted molar refractivity (Wildman–Crippen MR) is 59.3 cm³/mol. The molecule has 0 aromatic carbocycles. The SMILES string of the molecule is COC1CN(C(C)(C)CN)CCC1C. The molecule has 0 bridgehead atoms. The molecule has 2 unspecified atom stereocenters. The van der Waals surface area contributed by atoms with E-state index in [1.54, 1.807) is 7.11 Å². The zero-order valence-corrected chi connectivity index (χ0v) is 9.92.